The number of nitrogens with zero attached hydrogens (tertiary/aromatic N) is 1. The van der Waals surface area contributed by atoms with Gasteiger partial charge >= 0.3 is 6.18 Å². The Morgan fingerprint density at radius 1 is 1.05 bits per heavy atom. The second-order valence-electron chi connectivity index (χ2n) is 4.28. The molecule has 2 nitrogen and oxygen atoms in total. The first-order valence-corrected chi connectivity index (χ1v) is 6.07. The number of aliphatic imine (C=N–C) groups is 1. The molecule has 0 aromatic heterocycles. The molecule has 0 fully saturated rings. The zero-order chi connectivity index (χ0) is 15.5. The molecule has 2 aromatic carbocycles. The van der Waals surface area contributed by atoms with Gasteiger partial charge in [0.1, 0.15) is 11.7 Å². The van der Waals surface area contributed by atoms with E-state index in [1.807, 2.05) is 0 Å². The Balaban J connectivity index is 2.28. The fourth-order valence-electron chi connectivity index (χ4n) is 1.77. The fourth-order valence-corrected chi connectivity index (χ4v) is 1.77. The minimum Gasteiger partial charge on any atom is -0.340 e. The standard InChI is InChI=1S/C15H12F4N2/c1-20-14(21-13-7-5-12(16)6-8-13)10-3-2-4-11(9-10)15(17,18)19/h2-9H,1H3,(H,20,21). The van der Waals surface area contributed by atoms with Gasteiger partial charge in [-0.05, 0) is 36.4 Å². The molecule has 0 aliphatic carbocycles. The average molecular weight is 296 g/mol. The van der Waals surface area contributed by atoms with Crippen LogP contribution in [0.4, 0.5) is 23.2 Å². The van der Waals surface area contributed by atoms with E-state index in [1.54, 1.807) is 0 Å². The lowest BCUT2D eigenvalue weighted by atomic mass is 10.1. The molecule has 2 aromatic rings. The SMILES string of the molecule is CN=C(Nc1ccc(F)cc1)c1cccc(C(F)(F)F)c1. The largest absolute Gasteiger partial charge is 0.416 e. The van der Waals surface area contributed by atoms with Crippen LogP contribution in [0.2, 0.25) is 0 Å². The molecule has 0 radical (unpaired) electrons. The topological polar surface area (TPSA) is 24.4 Å². The van der Waals surface area contributed by atoms with Gasteiger partial charge in [-0.1, -0.05) is 12.1 Å². The molecule has 0 atom stereocenters. The maximum Gasteiger partial charge on any atom is 0.416 e. The number of alkyl halides is 3. The van der Waals surface area contributed by atoms with E-state index in [2.05, 4.69) is 10.3 Å². The fraction of sp³-hybridized carbons (Fsp3) is 0.133. The van der Waals surface area contributed by atoms with Gasteiger partial charge in [0.25, 0.3) is 0 Å². The van der Waals surface area contributed by atoms with Gasteiger partial charge in [0.2, 0.25) is 0 Å². The van der Waals surface area contributed by atoms with Crippen molar-refractivity contribution in [2.75, 3.05) is 12.4 Å². The molecule has 1 N–H and O–H groups in total. The Hall–Kier alpha value is -2.37. The molecule has 0 spiro atoms. The first kappa shape index (κ1) is 15.0. The summed E-state index contributed by atoms with van der Waals surface area (Å²) in [5.41, 5.74) is 0.0908. The second kappa shape index (κ2) is 5.95. The third-order valence-electron chi connectivity index (χ3n) is 2.79. The van der Waals surface area contributed by atoms with Crippen molar-refractivity contribution < 1.29 is 17.6 Å². The highest BCUT2D eigenvalue weighted by molar-refractivity contribution is 6.08. The lowest BCUT2D eigenvalue weighted by Crippen LogP contribution is -2.15. The Morgan fingerprint density at radius 2 is 1.71 bits per heavy atom. The Kier molecular flexibility index (Phi) is 4.26. The van der Waals surface area contributed by atoms with Gasteiger partial charge < -0.3 is 5.32 Å². The van der Waals surface area contributed by atoms with E-state index in [0.29, 0.717) is 11.3 Å². The molecule has 0 saturated heterocycles. The van der Waals surface area contributed by atoms with E-state index in [-0.39, 0.29) is 5.84 Å². The highest BCUT2D eigenvalue weighted by Crippen LogP contribution is 2.29. The highest BCUT2D eigenvalue weighted by atomic mass is 19.4. The summed E-state index contributed by atoms with van der Waals surface area (Å²) in [6.45, 7) is 0. The van der Waals surface area contributed by atoms with Gasteiger partial charge in [0.15, 0.2) is 0 Å². The van der Waals surface area contributed by atoms with E-state index >= 15 is 0 Å². The minimum absolute atomic E-state index is 0.271. The predicted molar refractivity (Wildman–Crippen MR) is 73.9 cm³/mol. The zero-order valence-corrected chi connectivity index (χ0v) is 11.1. The summed E-state index contributed by atoms with van der Waals surface area (Å²) in [6.07, 6.45) is -4.41. The third-order valence-corrected chi connectivity index (χ3v) is 2.79. The summed E-state index contributed by atoms with van der Waals surface area (Å²) in [7, 11) is 1.46. The Labute approximate surface area is 119 Å². The van der Waals surface area contributed by atoms with Crippen molar-refractivity contribution in [2.24, 2.45) is 4.99 Å². The number of anilines is 1. The molecule has 21 heavy (non-hydrogen) atoms. The van der Waals surface area contributed by atoms with Gasteiger partial charge in [-0.25, -0.2) is 4.39 Å². The Bertz CT molecular complexity index is 645. The van der Waals surface area contributed by atoms with Crippen LogP contribution in [0.3, 0.4) is 0 Å². The van der Waals surface area contributed by atoms with Crippen LogP contribution in [0.15, 0.2) is 53.5 Å². The van der Waals surface area contributed by atoms with E-state index in [4.69, 9.17) is 0 Å². The smallest absolute Gasteiger partial charge is 0.340 e. The molecular formula is C15H12F4N2. The van der Waals surface area contributed by atoms with Crippen LogP contribution < -0.4 is 5.32 Å². The molecule has 6 heteroatoms. The summed E-state index contributed by atoms with van der Waals surface area (Å²) in [5, 5.41) is 2.87. The molecule has 0 aliphatic heterocycles. The van der Waals surface area contributed by atoms with Crippen LogP contribution in [-0.2, 0) is 6.18 Å². The van der Waals surface area contributed by atoms with Crippen LogP contribution >= 0.6 is 0 Å². The molecule has 0 aliphatic rings. The van der Waals surface area contributed by atoms with Crippen molar-refractivity contribution in [3.63, 3.8) is 0 Å². The van der Waals surface area contributed by atoms with Gasteiger partial charge in [-0.2, -0.15) is 13.2 Å². The number of hydrogen-bond acceptors (Lipinski definition) is 1. The molecule has 2 rings (SSSR count). The first-order chi connectivity index (χ1) is 9.90. The van der Waals surface area contributed by atoms with Crippen LogP contribution in [0.1, 0.15) is 11.1 Å². The number of nitrogens with one attached hydrogen (secondary N) is 1. The molecule has 110 valence electrons. The molecule has 0 saturated carbocycles. The van der Waals surface area contributed by atoms with E-state index < -0.39 is 17.6 Å². The molecule has 0 unspecified atom stereocenters. The molecule has 0 bridgehead atoms. The van der Waals surface area contributed by atoms with E-state index in [0.717, 1.165) is 12.1 Å². The van der Waals surface area contributed by atoms with Crippen molar-refractivity contribution in [3.05, 3.63) is 65.5 Å². The van der Waals surface area contributed by atoms with Gasteiger partial charge in [0, 0.05) is 18.3 Å². The highest BCUT2D eigenvalue weighted by Gasteiger charge is 2.30. The van der Waals surface area contributed by atoms with Crippen molar-refractivity contribution in [2.45, 2.75) is 6.18 Å². The van der Waals surface area contributed by atoms with Crippen molar-refractivity contribution in [1.82, 2.24) is 0 Å². The molecular weight excluding hydrogens is 284 g/mol. The van der Waals surface area contributed by atoms with Gasteiger partial charge in [-0.15, -0.1) is 0 Å². The third kappa shape index (κ3) is 3.81. The number of benzene rings is 2. The number of amidine groups is 1. The van der Waals surface area contributed by atoms with E-state index in [1.165, 1.54) is 43.4 Å². The quantitative estimate of drug-likeness (QED) is 0.498. The van der Waals surface area contributed by atoms with E-state index in [9.17, 15) is 17.6 Å². The molecule has 0 heterocycles. The Morgan fingerprint density at radius 3 is 2.29 bits per heavy atom. The first-order valence-electron chi connectivity index (χ1n) is 6.07. The van der Waals surface area contributed by atoms with Gasteiger partial charge in [-0.3, -0.25) is 4.99 Å². The maximum absolute atomic E-state index is 12.8. The second-order valence-corrected chi connectivity index (χ2v) is 4.28. The summed E-state index contributed by atoms with van der Waals surface area (Å²) >= 11 is 0. The number of hydrogen-bond donors (Lipinski definition) is 1. The zero-order valence-electron chi connectivity index (χ0n) is 11.1. The van der Waals surface area contributed by atoms with Gasteiger partial charge in [0.05, 0.1) is 5.56 Å². The van der Waals surface area contributed by atoms with Crippen LogP contribution in [0, 0.1) is 5.82 Å². The minimum atomic E-state index is -4.41. The summed E-state index contributed by atoms with van der Waals surface area (Å²) < 4.78 is 50.9. The van der Waals surface area contributed by atoms with Crippen LogP contribution in [-0.4, -0.2) is 12.9 Å². The van der Waals surface area contributed by atoms with Crippen molar-refractivity contribution in [3.8, 4) is 0 Å². The average Bonchev–Trinajstić information content (AvgIpc) is 2.46. The monoisotopic (exact) mass is 296 g/mol. The van der Waals surface area contributed by atoms with Crippen molar-refractivity contribution in [1.29, 1.82) is 0 Å². The van der Waals surface area contributed by atoms with Crippen LogP contribution in [0.25, 0.3) is 0 Å². The summed E-state index contributed by atoms with van der Waals surface area (Å²) in [6, 6.07) is 10.3. The predicted octanol–water partition coefficient (Wildman–Crippen LogP) is 4.33. The lowest BCUT2D eigenvalue weighted by Gasteiger charge is -2.12. The summed E-state index contributed by atoms with van der Waals surface area (Å²) in [5.74, 6) is -0.123. The summed E-state index contributed by atoms with van der Waals surface area (Å²) in [4.78, 5) is 3.94. The molecule has 0 amide bonds. The van der Waals surface area contributed by atoms with Crippen LogP contribution in [0.5, 0.6) is 0 Å². The normalized spacial score (nSPS) is 12.3. The lowest BCUT2D eigenvalue weighted by molar-refractivity contribution is -0.137. The number of rotatable bonds is 2. The number of halogens is 4. The maximum atomic E-state index is 12.8. The van der Waals surface area contributed by atoms with Crippen molar-refractivity contribution >= 4 is 11.5 Å².